The Balaban J connectivity index is 2.43. The van der Waals surface area contributed by atoms with Crippen LogP contribution in [0.1, 0.15) is 33.6 Å². The lowest BCUT2D eigenvalue weighted by Gasteiger charge is -2.35. The first-order chi connectivity index (χ1) is 9.43. The normalized spacial score (nSPS) is 18.1. The van der Waals surface area contributed by atoms with Crippen LogP contribution >= 0.6 is 0 Å². The molecule has 1 fully saturated rings. The standard InChI is InChI=1S/C14H27N3O3/c1-4-5-16-6-8-17(9-7-16)14(20)15-12(13(18)19)10-11(2)3/h11-12H,4-10H2,1-3H3,(H,15,20)(H,18,19). The van der Waals surface area contributed by atoms with E-state index >= 15 is 0 Å². The van der Waals surface area contributed by atoms with Gasteiger partial charge in [-0.1, -0.05) is 20.8 Å². The van der Waals surface area contributed by atoms with Gasteiger partial charge in [-0.05, 0) is 25.3 Å². The van der Waals surface area contributed by atoms with E-state index in [9.17, 15) is 9.59 Å². The van der Waals surface area contributed by atoms with Crippen LogP contribution in [0.4, 0.5) is 4.79 Å². The van der Waals surface area contributed by atoms with Gasteiger partial charge in [0.2, 0.25) is 0 Å². The molecule has 0 saturated carbocycles. The van der Waals surface area contributed by atoms with Gasteiger partial charge >= 0.3 is 12.0 Å². The Kier molecular flexibility index (Phi) is 6.78. The van der Waals surface area contributed by atoms with Crippen molar-refractivity contribution in [2.75, 3.05) is 32.7 Å². The topological polar surface area (TPSA) is 72.9 Å². The van der Waals surface area contributed by atoms with E-state index in [0.717, 1.165) is 26.1 Å². The number of carboxylic acid groups (broad SMARTS) is 1. The lowest BCUT2D eigenvalue weighted by Crippen LogP contribution is -2.54. The highest BCUT2D eigenvalue weighted by molar-refractivity contribution is 5.82. The van der Waals surface area contributed by atoms with E-state index in [1.165, 1.54) is 0 Å². The Morgan fingerprint density at radius 3 is 2.25 bits per heavy atom. The van der Waals surface area contributed by atoms with E-state index in [2.05, 4.69) is 17.1 Å². The second-order valence-corrected chi connectivity index (χ2v) is 5.80. The van der Waals surface area contributed by atoms with Crippen LogP contribution in [0.25, 0.3) is 0 Å². The molecule has 0 aromatic rings. The van der Waals surface area contributed by atoms with E-state index in [-0.39, 0.29) is 11.9 Å². The van der Waals surface area contributed by atoms with Crippen LogP contribution in [0.3, 0.4) is 0 Å². The third-order valence-corrected chi connectivity index (χ3v) is 3.50. The predicted octanol–water partition coefficient (Wildman–Crippen LogP) is 1.22. The number of amides is 2. The number of carbonyl (C=O) groups excluding carboxylic acids is 1. The van der Waals surface area contributed by atoms with E-state index in [1.54, 1.807) is 4.90 Å². The maximum Gasteiger partial charge on any atom is 0.326 e. The van der Waals surface area contributed by atoms with Gasteiger partial charge in [-0.3, -0.25) is 4.90 Å². The molecule has 1 rings (SSSR count). The highest BCUT2D eigenvalue weighted by atomic mass is 16.4. The second-order valence-electron chi connectivity index (χ2n) is 5.80. The first-order valence-electron chi connectivity index (χ1n) is 7.44. The summed E-state index contributed by atoms with van der Waals surface area (Å²) < 4.78 is 0. The monoisotopic (exact) mass is 285 g/mol. The van der Waals surface area contributed by atoms with Crippen molar-refractivity contribution in [2.45, 2.75) is 39.7 Å². The Labute approximate surface area is 121 Å². The van der Waals surface area contributed by atoms with Crippen LogP contribution in [0, 0.1) is 5.92 Å². The number of urea groups is 1. The van der Waals surface area contributed by atoms with Crippen molar-refractivity contribution in [3.8, 4) is 0 Å². The minimum absolute atomic E-state index is 0.234. The van der Waals surface area contributed by atoms with Gasteiger partial charge in [-0.2, -0.15) is 0 Å². The maximum absolute atomic E-state index is 12.1. The lowest BCUT2D eigenvalue weighted by atomic mass is 10.0. The summed E-state index contributed by atoms with van der Waals surface area (Å²) >= 11 is 0. The van der Waals surface area contributed by atoms with Crippen LogP contribution in [0.2, 0.25) is 0 Å². The summed E-state index contributed by atoms with van der Waals surface area (Å²) in [6.07, 6.45) is 1.57. The number of carboxylic acids is 1. The number of aliphatic carboxylic acids is 1. The van der Waals surface area contributed by atoms with Crippen molar-refractivity contribution >= 4 is 12.0 Å². The second kappa shape index (κ2) is 8.09. The van der Waals surface area contributed by atoms with Crippen LogP contribution in [0.5, 0.6) is 0 Å². The molecule has 1 heterocycles. The fourth-order valence-electron chi connectivity index (χ4n) is 2.42. The summed E-state index contributed by atoms with van der Waals surface area (Å²) in [5.74, 6) is -0.727. The zero-order chi connectivity index (χ0) is 15.1. The quantitative estimate of drug-likeness (QED) is 0.769. The molecule has 0 spiro atoms. The molecule has 1 unspecified atom stereocenters. The summed E-state index contributed by atoms with van der Waals surface area (Å²) in [5, 5.41) is 11.8. The van der Waals surface area contributed by atoms with Gasteiger partial charge in [0, 0.05) is 26.2 Å². The smallest absolute Gasteiger partial charge is 0.326 e. The number of nitrogens with zero attached hydrogens (tertiary/aromatic N) is 2. The average molecular weight is 285 g/mol. The number of hydrogen-bond donors (Lipinski definition) is 2. The first-order valence-corrected chi connectivity index (χ1v) is 7.44. The highest BCUT2D eigenvalue weighted by Gasteiger charge is 2.26. The molecule has 0 bridgehead atoms. The minimum atomic E-state index is -0.961. The molecular formula is C14H27N3O3. The predicted molar refractivity (Wildman–Crippen MR) is 77.7 cm³/mol. The third kappa shape index (κ3) is 5.36. The Hall–Kier alpha value is -1.30. The molecular weight excluding hydrogens is 258 g/mol. The Bertz CT molecular complexity index is 326. The molecule has 6 nitrogen and oxygen atoms in total. The van der Waals surface area contributed by atoms with Gasteiger partial charge in [0.15, 0.2) is 0 Å². The molecule has 0 aromatic heterocycles. The summed E-state index contributed by atoms with van der Waals surface area (Å²) in [7, 11) is 0. The molecule has 2 N–H and O–H groups in total. The average Bonchev–Trinajstić information content (AvgIpc) is 2.38. The number of carbonyl (C=O) groups is 2. The minimum Gasteiger partial charge on any atom is -0.480 e. The van der Waals surface area contributed by atoms with Crippen LogP contribution < -0.4 is 5.32 Å². The first kappa shape index (κ1) is 16.8. The van der Waals surface area contributed by atoms with E-state index in [4.69, 9.17) is 5.11 Å². The molecule has 1 aliphatic rings. The van der Waals surface area contributed by atoms with Crippen molar-refractivity contribution in [3.05, 3.63) is 0 Å². The molecule has 6 heteroatoms. The largest absolute Gasteiger partial charge is 0.480 e. The van der Waals surface area contributed by atoms with Crippen molar-refractivity contribution in [3.63, 3.8) is 0 Å². The van der Waals surface area contributed by atoms with Crippen molar-refractivity contribution in [2.24, 2.45) is 5.92 Å². The number of nitrogens with one attached hydrogen (secondary N) is 1. The van der Waals surface area contributed by atoms with E-state index in [0.29, 0.717) is 19.5 Å². The molecule has 0 radical (unpaired) electrons. The zero-order valence-corrected chi connectivity index (χ0v) is 12.8. The van der Waals surface area contributed by atoms with E-state index in [1.807, 2.05) is 13.8 Å². The molecule has 0 aromatic carbocycles. The van der Waals surface area contributed by atoms with Gasteiger partial charge in [-0.15, -0.1) is 0 Å². The fourth-order valence-corrected chi connectivity index (χ4v) is 2.42. The number of rotatable bonds is 6. The number of hydrogen-bond acceptors (Lipinski definition) is 3. The van der Waals surface area contributed by atoms with Gasteiger partial charge in [0.05, 0.1) is 0 Å². The Morgan fingerprint density at radius 2 is 1.80 bits per heavy atom. The molecule has 1 aliphatic heterocycles. The molecule has 0 aliphatic carbocycles. The highest BCUT2D eigenvalue weighted by Crippen LogP contribution is 2.07. The Morgan fingerprint density at radius 1 is 1.20 bits per heavy atom. The maximum atomic E-state index is 12.1. The summed E-state index contributed by atoms with van der Waals surface area (Å²) in [4.78, 5) is 27.3. The SMILES string of the molecule is CCCN1CCN(C(=O)NC(CC(C)C)C(=O)O)CC1. The number of piperazine rings is 1. The van der Waals surface area contributed by atoms with Crippen LogP contribution in [-0.2, 0) is 4.79 Å². The van der Waals surface area contributed by atoms with E-state index < -0.39 is 12.0 Å². The molecule has 1 saturated heterocycles. The van der Waals surface area contributed by atoms with Crippen molar-refractivity contribution < 1.29 is 14.7 Å². The van der Waals surface area contributed by atoms with Crippen molar-refractivity contribution in [1.82, 2.24) is 15.1 Å². The van der Waals surface area contributed by atoms with Gasteiger partial charge in [0.1, 0.15) is 6.04 Å². The third-order valence-electron chi connectivity index (χ3n) is 3.50. The lowest BCUT2D eigenvalue weighted by molar-refractivity contribution is -0.139. The van der Waals surface area contributed by atoms with Gasteiger partial charge < -0.3 is 15.3 Å². The summed E-state index contributed by atoms with van der Waals surface area (Å²) in [5.41, 5.74) is 0. The van der Waals surface area contributed by atoms with Crippen molar-refractivity contribution in [1.29, 1.82) is 0 Å². The zero-order valence-electron chi connectivity index (χ0n) is 12.8. The summed E-state index contributed by atoms with van der Waals surface area (Å²) in [6.45, 7) is 10.2. The molecule has 1 atom stereocenters. The van der Waals surface area contributed by atoms with Crippen LogP contribution in [0.15, 0.2) is 0 Å². The molecule has 116 valence electrons. The molecule has 20 heavy (non-hydrogen) atoms. The summed E-state index contributed by atoms with van der Waals surface area (Å²) in [6, 6.07) is -1.05. The molecule has 2 amide bonds. The van der Waals surface area contributed by atoms with Gasteiger partial charge in [0.25, 0.3) is 0 Å². The fraction of sp³-hybridized carbons (Fsp3) is 0.857. The van der Waals surface area contributed by atoms with Gasteiger partial charge in [-0.25, -0.2) is 9.59 Å². The van der Waals surface area contributed by atoms with Crippen LogP contribution in [-0.4, -0.2) is 65.7 Å².